The molecule has 0 aliphatic rings. The van der Waals surface area contributed by atoms with Gasteiger partial charge in [-0.3, -0.25) is 4.79 Å². The molecule has 3 N–H and O–H groups in total. The number of nitrogens with one attached hydrogen (secondary N) is 1. The van der Waals surface area contributed by atoms with Gasteiger partial charge in [0, 0.05) is 0 Å². The largest absolute Gasteiger partial charge is 0.392 e. The van der Waals surface area contributed by atoms with Crippen molar-refractivity contribution in [1.29, 1.82) is 0 Å². The predicted octanol–water partition coefficient (Wildman–Crippen LogP) is -2.05. The van der Waals surface area contributed by atoms with Crippen LogP contribution < -0.4 is 5.32 Å². The summed E-state index contributed by atoms with van der Waals surface area (Å²) in [6.07, 6.45) is 0.0394. The number of carbonyl (C=O) groups excluding carboxylic acids is 1. The number of aliphatic hydroxyl groups is 2. The van der Waals surface area contributed by atoms with E-state index in [4.69, 9.17) is 10.2 Å². The molecule has 7 heavy (non-hydrogen) atoms. The van der Waals surface area contributed by atoms with Gasteiger partial charge in [-0.2, -0.15) is 0 Å². The van der Waals surface area contributed by atoms with Gasteiger partial charge in [0.05, 0.1) is 6.61 Å². The third kappa shape index (κ3) is 3.21. The number of amides is 1. The highest BCUT2D eigenvalue weighted by atomic mass is 16.3. The zero-order valence-corrected chi connectivity index (χ0v) is 3.59. The van der Waals surface area contributed by atoms with Gasteiger partial charge in [-0.05, 0) is 0 Å². The van der Waals surface area contributed by atoms with Crippen molar-refractivity contribution in [3.63, 3.8) is 0 Å². The Morgan fingerprint density at radius 1 is 1.86 bits per heavy atom. The molecule has 4 heteroatoms. The zero-order valence-electron chi connectivity index (χ0n) is 3.59. The van der Waals surface area contributed by atoms with E-state index in [0.717, 1.165) is 0 Å². The molecule has 1 unspecified atom stereocenters. The van der Waals surface area contributed by atoms with Gasteiger partial charge in [0.1, 0.15) is 6.23 Å². The van der Waals surface area contributed by atoms with Crippen LogP contribution in [0.5, 0.6) is 0 Å². The minimum absolute atomic E-state index is 0.477. The predicted molar refractivity (Wildman–Crippen MR) is 21.9 cm³/mol. The van der Waals surface area contributed by atoms with Crippen molar-refractivity contribution in [2.24, 2.45) is 0 Å². The second-order valence-corrected chi connectivity index (χ2v) is 0.945. The molecule has 0 aromatic rings. The topological polar surface area (TPSA) is 69.6 Å². The van der Waals surface area contributed by atoms with Gasteiger partial charge >= 0.3 is 6.41 Å². The molecule has 0 saturated carbocycles. The fourth-order valence-corrected chi connectivity index (χ4v) is 0.114. The summed E-state index contributed by atoms with van der Waals surface area (Å²) in [7, 11) is 0. The molecule has 0 aromatic carbocycles. The van der Waals surface area contributed by atoms with Crippen molar-refractivity contribution in [2.75, 3.05) is 6.61 Å². The van der Waals surface area contributed by atoms with E-state index in [1.54, 1.807) is 5.32 Å². The number of rotatable bonds is 3. The van der Waals surface area contributed by atoms with Crippen molar-refractivity contribution >= 4 is 6.41 Å². The third-order valence-corrected chi connectivity index (χ3v) is 0.398. The SMILES string of the molecule is O=[C]NC(O)CO. The van der Waals surface area contributed by atoms with Crippen molar-refractivity contribution in [2.45, 2.75) is 6.23 Å². The van der Waals surface area contributed by atoms with Crippen LogP contribution in [0.25, 0.3) is 0 Å². The van der Waals surface area contributed by atoms with Crippen LogP contribution in [0.3, 0.4) is 0 Å². The normalized spacial score (nSPS) is 12.9. The highest BCUT2D eigenvalue weighted by Gasteiger charge is 1.94. The summed E-state index contributed by atoms with van der Waals surface area (Å²) in [5.41, 5.74) is 0. The molecule has 0 heterocycles. The maximum absolute atomic E-state index is 9.27. The molecule has 0 aromatic heterocycles. The number of hydrogen-bond acceptors (Lipinski definition) is 3. The standard InChI is InChI=1S/C3H6NO3/c5-1-3(7)4-2-6/h3,5,7H,1H2,(H,4,6). The molecule has 0 saturated heterocycles. The van der Waals surface area contributed by atoms with E-state index >= 15 is 0 Å². The van der Waals surface area contributed by atoms with Crippen LogP contribution in [0, 0.1) is 0 Å². The Labute approximate surface area is 40.8 Å². The van der Waals surface area contributed by atoms with Gasteiger partial charge in [0.25, 0.3) is 0 Å². The van der Waals surface area contributed by atoms with Crippen LogP contribution in [-0.2, 0) is 4.79 Å². The molecule has 0 fully saturated rings. The first kappa shape index (κ1) is 6.39. The molecule has 41 valence electrons. The van der Waals surface area contributed by atoms with E-state index in [-0.39, 0.29) is 0 Å². The number of hydrogen-bond donors (Lipinski definition) is 3. The van der Waals surface area contributed by atoms with E-state index in [0.29, 0.717) is 0 Å². The highest BCUT2D eigenvalue weighted by Crippen LogP contribution is 1.64. The molecule has 0 bridgehead atoms. The Kier molecular flexibility index (Phi) is 3.26. The lowest BCUT2D eigenvalue weighted by molar-refractivity contribution is 0.0833. The zero-order chi connectivity index (χ0) is 5.70. The van der Waals surface area contributed by atoms with Crippen LogP contribution in [-0.4, -0.2) is 29.5 Å². The monoisotopic (exact) mass is 104 g/mol. The minimum atomic E-state index is -1.17. The summed E-state index contributed by atoms with van der Waals surface area (Å²) < 4.78 is 0. The second-order valence-electron chi connectivity index (χ2n) is 0.945. The van der Waals surface area contributed by atoms with Crippen LogP contribution in [0.15, 0.2) is 0 Å². The molecule has 0 aliphatic carbocycles. The van der Waals surface area contributed by atoms with Crippen LogP contribution in [0.1, 0.15) is 0 Å². The van der Waals surface area contributed by atoms with Crippen molar-refractivity contribution in [1.82, 2.24) is 5.32 Å². The molecule has 1 radical (unpaired) electrons. The molecular formula is C3H6NO3. The fourth-order valence-electron chi connectivity index (χ4n) is 0.114. The van der Waals surface area contributed by atoms with E-state index in [2.05, 4.69) is 0 Å². The second kappa shape index (κ2) is 3.58. The maximum Gasteiger partial charge on any atom is 0.311 e. The molecule has 0 rings (SSSR count). The summed E-state index contributed by atoms with van der Waals surface area (Å²) >= 11 is 0. The first-order valence-electron chi connectivity index (χ1n) is 1.73. The smallest absolute Gasteiger partial charge is 0.311 e. The van der Waals surface area contributed by atoms with Crippen molar-refractivity contribution in [3.05, 3.63) is 0 Å². The first-order valence-corrected chi connectivity index (χ1v) is 1.73. The molecule has 1 atom stereocenters. The first-order chi connectivity index (χ1) is 3.31. The molecule has 0 aliphatic heterocycles. The van der Waals surface area contributed by atoms with Crippen molar-refractivity contribution < 1.29 is 15.0 Å². The van der Waals surface area contributed by atoms with Crippen LogP contribution in [0.4, 0.5) is 0 Å². The summed E-state index contributed by atoms with van der Waals surface area (Å²) in [6.45, 7) is -0.477. The fraction of sp³-hybridized carbons (Fsp3) is 0.667. The Morgan fingerprint density at radius 3 is 2.57 bits per heavy atom. The average Bonchev–Trinajstić information content (AvgIpc) is 1.68. The van der Waals surface area contributed by atoms with E-state index in [1.807, 2.05) is 0 Å². The summed E-state index contributed by atoms with van der Waals surface area (Å²) in [6, 6.07) is 0. The highest BCUT2D eigenvalue weighted by molar-refractivity contribution is 5.47. The van der Waals surface area contributed by atoms with Crippen molar-refractivity contribution in [3.8, 4) is 0 Å². The molecule has 4 nitrogen and oxygen atoms in total. The Morgan fingerprint density at radius 2 is 2.43 bits per heavy atom. The molecule has 1 amide bonds. The lowest BCUT2D eigenvalue weighted by Crippen LogP contribution is -2.30. The minimum Gasteiger partial charge on any atom is -0.392 e. The quantitative estimate of drug-likeness (QED) is 0.285. The van der Waals surface area contributed by atoms with E-state index < -0.39 is 12.8 Å². The van der Waals surface area contributed by atoms with Crippen LogP contribution >= 0.6 is 0 Å². The number of aliphatic hydroxyl groups excluding tert-OH is 2. The molecule has 0 spiro atoms. The van der Waals surface area contributed by atoms with E-state index in [1.165, 1.54) is 6.41 Å². The Balaban J connectivity index is 2.98. The summed E-state index contributed by atoms with van der Waals surface area (Å²) in [5.74, 6) is 0. The Bertz CT molecular complexity index is 56.1. The lowest BCUT2D eigenvalue weighted by atomic mass is 10.6. The van der Waals surface area contributed by atoms with E-state index in [9.17, 15) is 4.79 Å². The molecular weight excluding hydrogens is 98.0 g/mol. The summed E-state index contributed by atoms with van der Waals surface area (Å²) in [5, 5.41) is 18.0. The van der Waals surface area contributed by atoms with Crippen LogP contribution in [0.2, 0.25) is 0 Å². The maximum atomic E-state index is 9.27. The van der Waals surface area contributed by atoms with Gasteiger partial charge in [0.2, 0.25) is 0 Å². The van der Waals surface area contributed by atoms with Gasteiger partial charge in [0.15, 0.2) is 0 Å². The van der Waals surface area contributed by atoms with Gasteiger partial charge < -0.3 is 15.5 Å². The van der Waals surface area contributed by atoms with Gasteiger partial charge in [-0.25, -0.2) is 0 Å². The summed E-state index contributed by atoms with van der Waals surface area (Å²) in [4.78, 5) is 9.27. The Hall–Kier alpha value is -0.610. The van der Waals surface area contributed by atoms with Gasteiger partial charge in [-0.1, -0.05) is 0 Å². The average molecular weight is 104 g/mol. The lowest BCUT2D eigenvalue weighted by Gasteiger charge is -2.00. The third-order valence-electron chi connectivity index (χ3n) is 0.398. The van der Waals surface area contributed by atoms with Gasteiger partial charge in [-0.15, -0.1) is 0 Å².